The van der Waals surface area contributed by atoms with Gasteiger partial charge >= 0.3 is 0 Å². The molecule has 2 nitrogen and oxygen atoms in total. The monoisotopic (exact) mass is 264 g/mol. The number of hydrogen-bond donors (Lipinski definition) is 2. The van der Waals surface area contributed by atoms with Gasteiger partial charge in [0.1, 0.15) is 11.5 Å². The molecule has 0 aromatic heterocycles. The molecule has 108 valence electrons. The molecule has 0 atom stereocenters. The Hall–Kier alpha value is -1.18. The maximum atomic E-state index is 10.7. The molecule has 0 radical (unpaired) electrons. The molecule has 19 heavy (non-hydrogen) atoms. The summed E-state index contributed by atoms with van der Waals surface area (Å²) in [6.45, 7) is 16.5. The molecule has 0 fully saturated rings. The smallest absolute Gasteiger partial charge is 0.127 e. The third-order valence-corrected chi connectivity index (χ3v) is 3.43. The lowest BCUT2D eigenvalue weighted by Gasteiger charge is -2.31. The van der Waals surface area contributed by atoms with Crippen LogP contribution in [-0.2, 0) is 10.8 Å². The van der Waals surface area contributed by atoms with E-state index in [0.717, 1.165) is 11.1 Å². The van der Waals surface area contributed by atoms with Crippen molar-refractivity contribution < 1.29 is 10.2 Å². The van der Waals surface area contributed by atoms with Crippen molar-refractivity contribution in [3.8, 4) is 11.5 Å². The molecule has 2 N–H and O–H groups in total. The number of phenols is 2. The average molecular weight is 264 g/mol. The Labute approximate surface area is 117 Å². The SMILES string of the molecule is CC(C)c1cc(O)c(C(C)(C)C)c(O)c1C(C)(C)C. The van der Waals surface area contributed by atoms with Crippen LogP contribution in [0.3, 0.4) is 0 Å². The summed E-state index contributed by atoms with van der Waals surface area (Å²) in [6, 6.07) is 1.82. The number of phenolic OH excluding ortho intramolecular Hbond substituents is 2. The molecule has 1 aromatic rings. The fourth-order valence-corrected chi connectivity index (χ4v) is 2.66. The standard InChI is InChI=1S/C17H28O2/c1-10(2)11-9-12(18)14(17(6,7)8)15(19)13(11)16(3,4)5/h9-10,18-19H,1-8H3. The molecular formula is C17H28O2. The van der Waals surface area contributed by atoms with Crippen LogP contribution >= 0.6 is 0 Å². The number of aromatic hydroxyl groups is 2. The summed E-state index contributed by atoms with van der Waals surface area (Å²) in [5.74, 6) is 0.713. The van der Waals surface area contributed by atoms with Crippen LogP contribution in [0.4, 0.5) is 0 Å². The van der Waals surface area contributed by atoms with Gasteiger partial charge in [-0.05, 0) is 28.4 Å². The molecule has 0 amide bonds. The van der Waals surface area contributed by atoms with Gasteiger partial charge in [0.25, 0.3) is 0 Å². The molecule has 0 saturated carbocycles. The fraction of sp³-hybridized carbons (Fsp3) is 0.647. The predicted molar refractivity (Wildman–Crippen MR) is 81.3 cm³/mol. The molecule has 0 aliphatic carbocycles. The van der Waals surface area contributed by atoms with Crippen LogP contribution in [-0.4, -0.2) is 10.2 Å². The lowest BCUT2D eigenvalue weighted by molar-refractivity contribution is 0.393. The highest BCUT2D eigenvalue weighted by Crippen LogP contribution is 2.47. The fourth-order valence-electron chi connectivity index (χ4n) is 2.66. The summed E-state index contributed by atoms with van der Waals surface area (Å²) >= 11 is 0. The van der Waals surface area contributed by atoms with Crippen LogP contribution in [0.2, 0.25) is 0 Å². The minimum atomic E-state index is -0.288. The summed E-state index contributed by atoms with van der Waals surface area (Å²) in [4.78, 5) is 0. The second kappa shape index (κ2) is 4.73. The van der Waals surface area contributed by atoms with E-state index in [0.29, 0.717) is 5.56 Å². The summed E-state index contributed by atoms with van der Waals surface area (Å²) < 4.78 is 0. The first-order valence-electron chi connectivity index (χ1n) is 6.97. The largest absolute Gasteiger partial charge is 0.507 e. The van der Waals surface area contributed by atoms with Crippen molar-refractivity contribution in [1.29, 1.82) is 0 Å². The number of rotatable bonds is 1. The molecule has 0 unspecified atom stereocenters. The zero-order valence-corrected chi connectivity index (χ0v) is 13.5. The molecule has 0 saturated heterocycles. The first-order valence-corrected chi connectivity index (χ1v) is 6.97. The zero-order valence-electron chi connectivity index (χ0n) is 13.5. The Kier molecular flexibility index (Phi) is 3.96. The van der Waals surface area contributed by atoms with E-state index in [1.165, 1.54) is 0 Å². The van der Waals surface area contributed by atoms with Crippen molar-refractivity contribution in [2.45, 2.75) is 72.1 Å². The first-order chi connectivity index (χ1) is 8.37. The van der Waals surface area contributed by atoms with Crippen LogP contribution in [0.1, 0.15) is 78.0 Å². The normalized spacial score (nSPS) is 13.1. The first kappa shape index (κ1) is 15.9. The molecule has 0 spiro atoms. The molecule has 1 aromatic carbocycles. The maximum absolute atomic E-state index is 10.7. The molecule has 0 bridgehead atoms. The average Bonchev–Trinajstić information content (AvgIpc) is 2.11. The van der Waals surface area contributed by atoms with Crippen molar-refractivity contribution >= 4 is 0 Å². The lowest BCUT2D eigenvalue weighted by atomic mass is 9.75. The Morgan fingerprint density at radius 3 is 1.58 bits per heavy atom. The van der Waals surface area contributed by atoms with Gasteiger partial charge in [-0.1, -0.05) is 55.4 Å². The van der Waals surface area contributed by atoms with Gasteiger partial charge < -0.3 is 10.2 Å². The van der Waals surface area contributed by atoms with E-state index in [-0.39, 0.29) is 28.2 Å². The molecule has 2 heteroatoms. The van der Waals surface area contributed by atoms with Gasteiger partial charge in [0, 0.05) is 11.1 Å². The second-order valence-electron chi connectivity index (χ2n) is 7.74. The molecule has 1 rings (SSSR count). The Bertz CT molecular complexity index is 472. The van der Waals surface area contributed by atoms with Crippen molar-refractivity contribution in [1.82, 2.24) is 0 Å². The number of hydrogen-bond acceptors (Lipinski definition) is 2. The van der Waals surface area contributed by atoms with Gasteiger partial charge in [0.15, 0.2) is 0 Å². The number of benzene rings is 1. The van der Waals surface area contributed by atoms with Crippen molar-refractivity contribution in [2.75, 3.05) is 0 Å². The molecule has 0 aliphatic rings. The summed E-state index contributed by atoms with van der Waals surface area (Å²) in [6.07, 6.45) is 0. The Morgan fingerprint density at radius 1 is 0.842 bits per heavy atom. The summed E-state index contributed by atoms with van der Waals surface area (Å²) in [5, 5.41) is 21.0. The van der Waals surface area contributed by atoms with Gasteiger partial charge in [0.05, 0.1) is 0 Å². The minimum Gasteiger partial charge on any atom is -0.507 e. The van der Waals surface area contributed by atoms with Crippen molar-refractivity contribution in [3.05, 3.63) is 22.8 Å². The predicted octanol–water partition coefficient (Wildman–Crippen LogP) is 4.82. The lowest BCUT2D eigenvalue weighted by Crippen LogP contribution is -2.20. The minimum absolute atomic E-state index is 0.155. The Morgan fingerprint density at radius 2 is 1.26 bits per heavy atom. The molecule has 0 heterocycles. The van der Waals surface area contributed by atoms with E-state index in [4.69, 9.17) is 0 Å². The third kappa shape index (κ3) is 3.05. The van der Waals surface area contributed by atoms with E-state index >= 15 is 0 Å². The van der Waals surface area contributed by atoms with Crippen molar-refractivity contribution in [2.24, 2.45) is 0 Å². The summed E-state index contributed by atoms with van der Waals surface area (Å²) in [7, 11) is 0. The van der Waals surface area contributed by atoms with Crippen molar-refractivity contribution in [3.63, 3.8) is 0 Å². The highest BCUT2D eigenvalue weighted by molar-refractivity contribution is 5.58. The van der Waals surface area contributed by atoms with E-state index in [9.17, 15) is 10.2 Å². The summed E-state index contributed by atoms with van der Waals surface area (Å²) in [5.41, 5.74) is 2.17. The maximum Gasteiger partial charge on any atom is 0.127 e. The van der Waals surface area contributed by atoms with Gasteiger partial charge in [-0.25, -0.2) is 0 Å². The van der Waals surface area contributed by atoms with Crippen LogP contribution in [0, 0.1) is 0 Å². The van der Waals surface area contributed by atoms with Crippen LogP contribution < -0.4 is 0 Å². The van der Waals surface area contributed by atoms with Crippen LogP contribution in [0.5, 0.6) is 11.5 Å². The van der Waals surface area contributed by atoms with Gasteiger partial charge in [-0.3, -0.25) is 0 Å². The van der Waals surface area contributed by atoms with E-state index in [2.05, 4.69) is 34.6 Å². The molecule has 0 aliphatic heterocycles. The van der Waals surface area contributed by atoms with E-state index < -0.39 is 0 Å². The zero-order chi connectivity index (χ0) is 15.2. The van der Waals surface area contributed by atoms with E-state index in [1.54, 1.807) is 0 Å². The topological polar surface area (TPSA) is 40.5 Å². The third-order valence-electron chi connectivity index (χ3n) is 3.43. The van der Waals surface area contributed by atoms with Gasteiger partial charge in [-0.15, -0.1) is 0 Å². The van der Waals surface area contributed by atoms with Crippen LogP contribution in [0.25, 0.3) is 0 Å². The van der Waals surface area contributed by atoms with E-state index in [1.807, 2.05) is 26.8 Å². The highest BCUT2D eigenvalue weighted by Gasteiger charge is 2.31. The van der Waals surface area contributed by atoms with Gasteiger partial charge in [-0.2, -0.15) is 0 Å². The highest BCUT2D eigenvalue weighted by atomic mass is 16.3. The second-order valence-corrected chi connectivity index (χ2v) is 7.74. The van der Waals surface area contributed by atoms with Gasteiger partial charge in [0.2, 0.25) is 0 Å². The quantitative estimate of drug-likeness (QED) is 0.763. The van der Waals surface area contributed by atoms with Crippen LogP contribution in [0.15, 0.2) is 6.07 Å². The Balaban J connectivity index is 3.77. The molecular weight excluding hydrogens is 236 g/mol.